The van der Waals surface area contributed by atoms with Crippen LogP contribution in [0.2, 0.25) is 0 Å². The molecule has 3 aromatic rings. The molecule has 0 amide bonds. The smallest absolute Gasteiger partial charge is 0.181 e. The fraction of sp³-hybridized carbons (Fsp3) is 0.0667. The van der Waals surface area contributed by atoms with E-state index in [2.05, 4.69) is 15.2 Å². The number of nitrogens with one attached hydrogen (secondary N) is 1. The summed E-state index contributed by atoms with van der Waals surface area (Å²) in [6, 6.07) is 17.6. The van der Waals surface area contributed by atoms with E-state index in [1.54, 1.807) is 7.11 Å². The number of para-hydroxylation sites is 1. The number of methoxy groups -OCH3 is 1. The second-order valence-corrected chi connectivity index (χ2v) is 4.07. The number of hydrogen-bond donors (Lipinski definition) is 1. The number of H-pyrrole nitrogens is 1. The quantitative estimate of drug-likeness (QED) is 0.778. The minimum atomic E-state index is 0.682. The summed E-state index contributed by atoms with van der Waals surface area (Å²) in [5.41, 5.74) is 1.89. The van der Waals surface area contributed by atoms with Gasteiger partial charge in [-0.2, -0.15) is 5.10 Å². The lowest BCUT2D eigenvalue weighted by Gasteiger charge is -2.04. The van der Waals surface area contributed by atoms with E-state index in [0.29, 0.717) is 11.6 Å². The molecule has 0 spiro atoms. The first-order valence-electron chi connectivity index (χ1n) is 5.99. The van der Waals surface area contributed by atoms with Crippen LogP contribution in [-0.4, -0.2) is 22.3 Å². The predicted molar refractivity (Wildman–Crippen MR) is 73.8 cm³/mol. The van der Waals surface area contributed by atoms with Gasteiger partial charge in [0.15, 0.2) is 11.6 Å². The highest BCUT2D eigenvalue weighted by Gasteiger charge is 2.10. The van der Waals surface area contributed by atoms with Gasteiger partial charge in [0, 0.05) is 5.56 Å². The summed E-state index contributed by atoms with van der Waals surface area (Å²) in [6.45, 7) is 0. The molecule has 0 saturated heterocycles. The first kappa shape index (κ1) is 11.5. The van der Waals surface area contributed by atoms with Crippen LogP contribution in [0.1, 0.15) is 0 Å². The second kappa shape index (κ2) is 4.94. The Balaban J connectivity index is 2.02. The molecule has 0 aliphatic heterocycles. The molecule has 0 fully saturated rings. The molecule has 0 aliphatic carbocycles. The van der Waals surface area contributed by atoms with Crippen LogP contribution in [-0.2, 0) is 0 Å². The Hall–Kier alpha value is -2.62. The summed E-state index contributed by atoms with van der Waals surface area (Å²) in [4.78, 5) is 4.51. The van der Waals surface area contributed by atoms with Gasteiger partial charge in [-0.15, -0.1) is 0 Å². The Bertz CT molecular complexity index is 677. The third kappa shape index (κ3) is 2.20. The molecule has 0 unspecified atom stereocenters. The normalized spacial score (nSPS) is 10.4. The first-order chi connectivity index (χ1) is 9.38. The van der Waals surface area contributed by atoms with Gasteiger partial charge >= 0.3 is 0 Å². The Morgan fingerprint density at radius 1 is 0.947 bits per heavy atom. The largest absolute Gasteiger partial charge is 0.496 e. The van der Waals surface area contributed by atoms with E-state index in [1.807, 2.05) is 54.6 Å². The van der Waals surface area contributed by atoms with E-state index in [9.17, 15) is 0 Å². The van der Waals surface area contributed by atoms with Crippen LogP contribution < -0.4 is 4.74 Å². The van der Waals surface area contributed by atoms with Crippen LogP contribution in [0.3, 0.4) is 0 Å². The fourth-order valence-corrected chi connectivity index (χ4v) is 1.94. The van der Waals surface area contributed by atoms with Crippen LogP contribution in [0.5, 0.6) is 5.75 Å². The summed E-state index contributed by atoms with van der Waals surface area (Å²) >= 11 is 0. The van der Waals surface area contributed by atoms with Crippen molar-refractivity contribution in [1.82, 2.24) is 15.2 Å². The molecule has 2 aromatic carbocycles. The van der Waals surface area contributed by atoms with Gasteiger partial charge in [-0.3, -0.25) is 5.10 Å². The van der Waals surface area contributed by atoms with E-state index in [4.69, 9.17) is 4.74 Å². The van der Waals surface area contributed by atoms with Crippen molar-refractivity contribution < 1.29 is 4.74 Å². The van der Waals surface area contributed by atoms with Gasteiger partial charge < -0.3 is 4.74 Å². The van der Waals surface area contributed by atoms with Crippen molar-refractivity contribution >= 4 is 0 Å². The van der Waals surface area contributed by atoms with Crippen molar-refractivity contribution in [3.05, 3.63) is 54.6 Å². The molecule has 0 saturated carbocycles. The number of rotatable bonds is 3. The number of nitrogens with zero attached hydrogens (tertiary/aromatic N) is 2. The summed E-state index contributed by atoms with van der Waals surface area (Å²) in [6.07, 6.45) is 0. The fourth-order valence-electron chi connectivity index (χ4n) is 1.94. The van der Waals surface area contributed by atoms with E-state index in [1.165, 1.54) is 0 Å². The van der Waals surface area contributed by atoms with Gasteiger partial charge in [0.1, 0.15) is 5.75 Å². The van der Waals surface area contributed by atoms with Gasteiger partial charge in [-0.05, 0) is 12.1 Å². The first-order valence-corrected chi connectivity index (χ1v) is 5.99. The molecule has 0 atom stereocenters. The molecule has 0 bridgehead atoms. The highest BCUT2D eigenvalue weighted by Crippen LogP contribution is 2.27. The van der Waals surface area contributed by atoms with Crippen LogP contribution in [0.4, 0.5) is 0 Å². The molecule has 0 aliphatic rings. The van der Waals surface area contributed by atoms with Crippen molar-refractivity contribution in [3.63, 3.8) is 0 Å². The van der Waals surface area contributed by atoms with Gasteiger partial charge in [0.25, 0.3) is 0 Å². The number of aromatic nitrogens is 3. The van der Waals surface area contributed by atoms with Gasteiger partial charge in [-0.25, -0.2) is 4.98 Å². The molecular weight excluding hydrogens is 238 g/mol. The van der Waals surface area contributed by atoms with E-state index in [0.717, 1.165) is 16.9 Å². The van der Waals surface area contributed by atoms with Gasteiger partial charge in [-0.1, -0.05) is 42.5 Å². The van der Waals surface area contributed by atoms with Crippen molar-refractivity contribution in [3.8, 4) is 28.5 Å². The van der Waals surface area contributed by atoms with E-state index in [-0.39, 0.29) is 0 Å². The molecule has 3 rings (SSSR count). The molecule has 4 heteroatoms. The highest BCUT2D eigenvalue weighted by atomic mass is 16.5. The lowest BCUT2D eigenvalue weighted by atomic mass is 10.2. The molecule has 4 nitrogen and oxygen atoms in total. The Morgan fingerprint density at radius 2 is 1.68 bits per heavy atom. The molecular formula is C15H13N3O. The third-order valence-electron chi connectivity index (χ3n) is 2.88. The average Bonchev–Trinajstić information content (AvgIpc) is 2.98. The molecule has 1 heterocycles. The topological polar surface area (TPSA) is 50.8 Å². The average molecular weight is 251 g/mol. The third-order valence-corrected chi connectivity index (χ3v) is 2.88. The molecule has 0 radical (unpaired) electrons. The van der Waals surface area contributed by atoms with Crippen molar-refractivity contribution in [2.75, 3.05) is 7.11 Å². The maximum Gasteiger partial charge on any atom is 0.181 e. The Labute approximate surface area is 111 Å². The molecule has 1 N–H and O–H groups in total. The summed E-state index contributed by atoms with van der Waals surface area (Å²) in [5, 5.41) is 7.20. The lowest BCUT2D eigenvalue weighted by Crippen LogP contribution is -1.88. The minimum Gasteiger partial charge on any atom is -0.496 e. The zero-order valence-corrected chi connectivity index (χ0v) is 10.5. The Morgan fingerprint density at radius 3 is 2.47 bits per heavy atom. The zero-order valence-electron chi connectivity index (χ0n) is 10.5. The van der Waals surface area contributed by atoms with E-state index < -0.39 is 0 Å². The van der Waals surface area contributed by atoms with E-state index >= 15 is 0 Å². The van der Waals surface area contributed by atoms with Crippen LogP contribution in [0, 0.1) is 0 Å². The zero-order chi connectivity index (χ0) is 13.1. The molecule has 19 heavy (non-hydrogen) atoms. The maximum atomic E-state index is 5.33. The predicted octanol–water partition coefficient (Wildman–Crippen LogP) is 3.15. The monoisotopic (exact) mass is 251 g/mol. The Kier molecular flexibility index (Phi) is 2.98. The number of hydrogen-bond acceptors (Lipinski definition) is 3. The van der Waals surface area contributed by atoms with Crippen molar-refractivity contribution in [1.29, 1.82) is 0 Å². The maximum absolute atomic E-state index is 5.33. The highest BCUT2D eigenvalue weighted by molar-refractivity contribution is 5.66. The number of benzene rings is 2. The van der Waals surface area contributed by atoms with Crippen LogP contribution in [0.25, 0.3) is 22.8 Å². The van der Waals surface area contributed by atoms with Crippen molar-refractivity contribution in [2.45, 2.75) is 0 Å². The van der Waals surface area contributed by atoms with Crippen LogP contribution >= 0.6 is 0 Å². The lowest BCUT2D eigenvalue weighted by molar-refractivity contribution is 0.416. The minimum absolute atomic E-state index is 0.682. The van der Waals surface area contributed by atoms with Gasteiger partial charge in [0.05, 0.1) is 12.7 Å². The number of aromatic amines is 1. The summed E-state index contributed by atoms with van der Waals surface area (Å²) in [7, 11) is 1.65. The summed E-state index contributed by atoms with van der Waals surface area (Å²) < 4.78 is 5.33. The number of ether oxygens (including phenoxy) is 1. The summed E-state index contributed by atoms with van der Waals surface area (Å²) in [5.74, 6) is 2.16. The second-order valence-electron chi connectivity index (χ2n) is 4.07. The van der Waals surface area contributed by atoms with Crippen LogP contribution in [0.15, 0.2) is 54.6 Å². The standard InChI is InChI=1S/C15H13N3O/c1-19-13-10-6-5-9-12(13)15-16-14(17-18-15)11-7-3-2-4-8-11/h2-10H,1H3,(H,16,17,18). The SMILES string of the molecule is COc1ccccc1-c1nc(-c2ccccc2)n[nH]1. The molecule has 94 valence electrons. The van der Waals surface area contributed by atoms with Crippen molar-refractivity contribution in [2.24, 2.45) is 0 Å². The van der Waals surface area contributed by atoms with Gasteiger partial charge in [0.2, 0.25) is 0 Å². The molecule has 1 aromatic heterocycles.